The lowest BCUT2D eigenvalue weighted by atomic mass is 10.1. The summed E-state index contributed by atoms with van der Waals surface area (Å²) in [5.74, 6) is -2.00. The van der Waals surface area contributed by atoms with Crippen molar-refractivity contribution in [1.82, 2.24) is 5.32 Å². The molecule has 0 aromatic heterocycles. The zero-order chi connectivity index (χ0) is 22.8. The van der Waals surface area contributed by atoms with Gasteiger partial charge in [0.25, 0.3) is 11.8 Å². The highest BCUT2D eigenvalue weighted by molar-refractivity contribution is 6.44. The highest BCUT2D eigenvalue weighted by Crippen LogP contribution is 2.26. The Morgan fingerprint density at radius 1 is 1.06 bits per heavy atom. The monoisotopic (exact) mass is 425 g/mol. The Balaban J connectivity index is 1.84. The number of hydrogen-bond donors (Lipinski definition) is 3. The molecule has 8 nitrogen and oxygen atoms in total. The van der Waals surface area contributed by atoms with Gasteiger partial charge >= 0.3 is 0 Å². The number of halogens is 1. The van der Waals surface area contributed by atoms with Crippen LogP contribution >= 0.6 is 0 Å². The molecule has 2 aromatic carbocycles. The lowest BCUT2D eigenvalue weighted by molar-refractivity contribution is -0.119. The minimum Gasteiger partial charge on any atom is -0.368 e. The number of rotatable bonds is 5. The molecular formula is C22H24FN5O3. The number of carbonyl (C=O) groups excluding carboxylic acids is 3. The molecule has 0 aliphatic carbocycles. The standard InChI is InChI=1S/C22H24FN5O3/c1-22(2,3)26-20(30)15-6-4-5-7-16(15)25-21(31)17-12-18(19(24)29)28(27-17)14-10-8-13(23)9-11-14/h4-11,18H,12H2,1-3H3,(H2,24,29)(H,25,31)(H,26,30). The topological polar surface area (TPSA) is 117 Å². The fourth-order valence-corrected chi connectivity index (χ4v) is 3.09. The van der Waals surface area contributed by atoms with Crippen molar-refractivity contribution in [2.45, 2.75) is 38.8 Å². The fraction of sp³-hybridized carbons (Fsp3) is 0.273. The van der Waals surface area contributed by atoms with E-state index in [1.165, 1.54) is 29.3 Å². The number of anilines is 2. The number of carbonyl (C=O) groups is 3. The van der Waals surface area contributed by atoms with Crippen LogP contribution in [0.5, 0.6) is 0 Å². The van der Waals surface area contributed by atoms with Crippen LogP contribution in [0.1, 0.15) is 37.6 Å². The summed E-state index contributed by atoms with van der Waals surface area (Å²) in [6, 6.07) is 11.1. The van der Waals surface area contributed by atoms with Crippen molar-refractivity contribution in [3.05, 3.63) is 59.9 Å². The van der Waals surface area contributed by atoms with E-state index >= 15 is 0 Å². The Hall–Kier alpha value is -3.75. The van der Waals surface area contributed by atoms with Crippen LogP contribution in [0.4, 0.5) is 15.8 Å². The number of nitrogens with one attached hydrogen (secondary N) is 2. The number of hydrazone groups is 1. The summed E-state index contributed by atoms with van der Waals surface area (Å²) in [7, 11) is 0. The van der Waals surface area contributed by atoms with E-state index in [1.54, 1.807) is 24.3 Å². The summed E-state index contributed by atoms with van der Waals surface area (Å²) in [6.45, 7) is 5.56. The molecule has 2 aromatic rings. The molecule has 4 N–H and O–H groups in total. The average molecular weight is 425 g/mol. The van der Waals surface area contributed by atoms with E-state index in [2.05, 4.69) is 15.7 Å². The second-order valence-electron chi connectivity index (χ2n) is 8.19. The number of para-hydroxylation sites is 1. The maximum Gasteiger partial charge on any atom is 0.271 e. The summed E-state index contributed by atoms with van der Waals surface area (Å²) in [6.07, 6.45) is -0.0190. The van der Waals surface area contributed by atoms with Crippen LogP contribution in [0.15, 0.2) is 53.6 Å². The molecule has 1 heterocycles. The summed E-state index contributed by atoms with van der Waals surface area (Å²) in [5, 5.41) is 11.1. The highest BCUT2D eigenvalue weighted by Gasteiger charge is 2.35. The average Bonchev–Trinajstić information content (AvgIpc) is 3.13. The molecule has 0 bridgehead atoms. The van der Waals surface area contributed by atoms with Gasteiger partial charge in [0, 0.05) is 12.0 Å². The minimum absolute atomic E-state index is 0.0190. The van der Waals surface area contributed by atoms with E-state index in [1.807, 2.05) is 20.8 Å². The van der Waals surface area contributed by atoms with Crippen molar-refractivity contribution in [1.29, 1.82) is 0 Å². The molecule has 162 valence electrons. The van der Waals surface area contributed by atoms with E-state index in [0.717, 1.165) is 0 Å². The maximum atomic E-state index is 13.2. The third-order valence-corrected chi connectivity index (χ3v) is 4.50. The first-order chi connectivity index (χ1) is 14.5. The van der Waals surface area contributed by atoms with Gasteiger partial charge in [-0.05, 0) is 57.2 Å². The molecule has 9 heteroatoms. The van der Waals surface area contributed by atoms with Crippen LogP contribution < -0.4 is 21.4 Å². The SMILES string of the molecule is CC(C)(C)NC(=O)c1ccccc1NC(=O)C1=NN(c2ccc(F)cc2)C(C(N)=O)C1. The van der Waals surface area contributed by atoms with E-state index in [0.29, 0.717) is 16.9 Å². The van der Waals surface area contributed by atoms with Crippen LogP contribution in [0.3, 0.4) is 0 Å². The van der Waals surface area contributed by atoms with Gasteiger partial charge in [-0.2, -0.15) is 5.10 Å². The molecule has 0 saturated heterocycles. The van der Waals surface area contributed by atoms with Gasteiger partial charge < -0.3 is 16.4 Å². The Bertz CT molecular complexity index is 1040. The second-order valence-corrected chi connectivity index (χ2v) is 8.19. The number of hydrogen-bond acceptors (Lipinski definition) is 5. The zero-order valence-electron chi connectivity index (χ0n) is 17.5. The third kappa shape index (κ3) is 5.25. The van der Waals surface area contributed by atoms with Gasteiger partial charge in [0.1, 0.15) is 17.6 Å². The Morgan fingerprint density at radius 2 is 1.71 bits per heavy atom. The van der Waals surface area contributed by atoms with Crippen LogP contribution in [-0.2, 0) is 9.59 Å². The molecule has 0 saturated carbocycles. The van der Waals surface area contributed by atoms with Crippen molar-refractivity contribution in [2.75, 3.05) is 10.3 Å². The number of primary amides is 1. The Kier molecular flexibility index (Phi) is 6.05. The van der Waals surface area contributed by atoms with Gasteiger partial charge in [-0.25, -0.2) is 4.39 Å². The number of nitrogens with two attached hydrogens (primary N) is 1. The number of amides is 3. The second kappa shape index (κ2) is 8.55. The van der Waals surface area contributed by atoms with Gasteiger partial charge in [0.2, 0.25) is 5.91 Å². The van der Waals surface area contributed by atoms with Crippen molar-refractivity contribution >= 4 is 34.8 Å². The van der Waals surface area contributed by atoms with E-state index in [9.17, 15) is 18.8 Å². The molecule has 1 unspecified atom stereocenters. The normalized spacial score (nSPS) is 15.9. The zero-order valence-corrected chi connectivity index (χ0v) is 17.5. The Labute approximate surface area is 179 Å². The first-order valence-electron chi connectivity index (χ1n) is 9.69. The summed E-state index contributed by atoms with van der Waals surface area (Å²) in [4.78, 5) is 37.4. The van der Waals surface area contributed by atoms with Gasteiger partial charge in [-0.15, -0.1) is 0 Å². The first kappa shape index (κ1) is 21.9. The smallest absolute Gasteiger partial charge is 0.271 e. The molecule has 31 heavy (non-hydrogen) atoms. The largest absolute Gasteiger partial charge is 0.368 e. The lowest BCUT2D eigenvalue weighted by Gasteiger charge is -2.21. The molecule has 1 aliphatic rings. The van der Waals surface area contributed by atoms with Crippen molar-refractivity contribution in [3.63, 3.8) is 0 Å². The molecular weight excluding hydrogens is 401 g/mol. The summed E-state index contributed by atoms with van der Waals surface area (Å²) < 4.78 is 13.2. The minimum atomic E-state index is -0.884. The molecule has 0 radical (unpaired) electrons. The van der Waals surface area contributed by atoms with Crippen LogP contribution in [0.25, 0.3) is 0 Å². The molecule has 0 fully saturated rings. The van der Waals surface area contributed by atoms with E-state index in [-0.39, 0.29) is 18.0 Å². The predicted octanol–water partition coefficient (Wildman–Crippen LogP) is 2.41. The fourth-order valence-electron chi connectivity index (χ4n) is 3.09. The van der Waals surface area contributed by atoms with Crippen LogP contribution in [0.2, 0.25) is 0 Å². The van der Waals surface area contributed by atoms with Crippen molar-refractivity contribution < 1.29 is 18.8 Å². The summed E-state index contributed by atoms with van der Waals surface area (Å²) >= 11 is 0. The third-order valence-electron chi connectivity index (χ3n) is 4.50. The number of benzene rings is 2. The van der Waals surface area contributed by atoms with Gasteiger partial charge in [-0.3, -0.25) is 19.4 Å². The summed E-state index contributed by atoms with van der Waals surface area (Å²) in [5.41, 5.74) is 6.14. The molecule has 3 rings (SSSR count). The van der Waals surface area contributed by atoms with Crippen molar-refractivity contribution in [2.24, 2.45) is 10.8 Å². The molecule has 1 aliphatic heterocycles. The van der Waals surface area contributed by atoms with Gasteiger partial charge in [-0.1, -0.05) is 12.1 Å². The maximum absolute atomic E-state index is 13.2. The predicted molar refractivity (Wildman–Crippen MR) is 116 cm³/mol. The van der Waals surface area contributed by atoms with E-state index in [4.69, 9.17) is 5.73 Å². The van der Waals surface area contributed by atoms with Crippen LogP contribution in [0, 0.1) is 5.82 Å². The molecule has 0 spiro atoms. The highest BCUT2D eigenvalue weighted by atomic mass is 19.1. The van der Waals surface area contributed by atoms with Crippen molar-refractivity contribution in [3.8, 4) is 0 Å². The lowest BCUT2D eigenvalue weighted by Crippen LogP contribution is -2.41. The van der Waals surface area contributed by atoms with Gasteiger partial charge in [0.05, 0.1) is 16.9 Å². The molecule has 3 amide bonds. The quantitative estimate of drug-likeness (QED) is 0.682. The van der Waals surface area contributed by atoms with Gasteiger partial charge in [0.15, 0.2) is 0 Å². The molecule has 1 atom stereocenters. The Morgan fingerprint density at radius 3 is 2.32 bits per heavy atom. The first-order valence-corrected chi connectivity index (χ1v) is 9.69. The van der Waals surface area contributed by atoms with Crippen LogP contribution in [-0.4, -0.2) is 35.0 Å². The number of nitrogens with zero attached hydrogens (tertiary/aromatic N) is 2. The van der Waals surface area contributed by atoms with E-state index < -0.39 is 29.2 Å².